The topological polar surface area (TPSA) is 32.8 Å². The average Bonchev–Trinajstić information content (AvgIpc) is 2.24. The molecule has 4 heteroatoms. The summed E-state index contributed by atoms with van der Waals surface area (Å²) in [5.74, 6) is 0. The highest BCUT2D eigenvalue weighted by Crippen LogP contribution is 2.41. The molecule has 2 heterocycles. The molecule has 0 unspecified atom stereocenters. The summed E-state index contributed by atoms with van der Waals surface area (Å²) in [6.45, 7) is 12.4. The first kappa shape index (κ1) is 13.7. The Balaban J connectivity index is 1.77. The van der Waals surface area contributed by atoms with Gasteiger partial charge >= 0.3 is 6.09 Å². The second-order valence-electron chi connectivity index (χ2n) is 6.42. The van der Waals surface area contributed by atoms with Gasteiger partial charge in [-0.2, -0.15) is 0 Å². The molecule has 2 aliphatic rings. The molecule has 1 spiro atoms. The van der Waals surface area contributed by atoms with Crippen LogP contribution in [0.3, 0.4) is 0 Å². The van der Waals surface area contributed by atoms with Crippen LogP contribution in [0.25, 0.3) is 0 Å². The molecule has 0 radical (unpaired) electrons. The molecule has 0 N–H and O–H groups in total. The third kappa shape index (κ3) is 2.79. The third-order valence-electron chi connectivity index (χ3n) is 4.24. The molecule has 2 rings (SSSR count). The number of nitrogens with zero attached hydrogens (tertiary/aromatic N) is 2. The van der Waals surface area contributed by atoms with E-state index >= 15 is 0 Å². The van der Waals surface area contributed by atoms with Gasteiger partial charge in [0, 0.05) is 24.5 Å². The molecule has 0 aliphatic carbocycles. The maximum Gasteiger partial charge on any atom is 0.410 e. The summed E-state index contributed by atoms with van der Waals surface area (Å²) >= 11 is 0. The molecule has 2 fully saturated rings. The average molecular weight is 254 g/mol. The molecular formula is C14H26N2O2. The third-order valence-corrected chi connectivity index (χ3v) is 4.24. The Morgan fingerprint density at radius 3 is 2.11 bits per heavy atom. The predicted molar refractivity (Wildman–Crippen MR) is 71.6 cm³/mol. The summed E-state index contributed by atoms with van der Waals surface area (Å²) in [5, 5.41) is 0. The molecule has 2 saturated heterocycles. The van der Waals surface area contributed by atoms with Crippen LogP contribution in [0.1, 0.15) is 40.5 Å². The number of piperidine rings is 1. The Labute approximate surface area is 110 Å². The minimum atomic E-state index is -0.137. The quantitative estimate of drug-likeness (QED) is 0.758. The van der Waals surface area contributed by atoms with Crippen molar-refractivity contribution in [1.29, 1.82) is 0 Å². The van der Waals surface area contributed by atoms with Gasteiger partial charge < -0.3 is 14.5 Å². The Bertz CT molecular complexity index is 299. The summed E-state index contributed by atoms with van der Waals surface area (Å²) < 4.78 is 5.22. The van der Waals surface area contributed by atoms with Gasteiger partial charge in [0.25, 0.3) is 0 Å². The zero-order valence-corrected chi connectivity index (χ0v) is 12.1. The van der Waals surface area contributed by atoms with Gasteiger partial charge in [0.05, 0.1) is 6.10 Å². The van der Waals surface area contributed by atoms with Crippen molar-refractivity contribution in [3.8, 4) is 0 Å². The monoisotopic (exact) mass is 254 g/mol. The number of rotatable bonds is 2. The van der Waals surface area contributed by atoms with E-state index in [-0.39, 0.29) is 12.2 Å². The maximum absolute atomic E-state index is 11.7. The van der Waals surface area contributed by atoms with E-state index in [1.165, 1.54) is 25.9 Å². The van der Waals surface area contributed by atoms with Crippen molar-refractivity contribution < 1.29 is 9.53 Å². The summed E-state index contributed by atoms with van der Waals surface area (Å²) in [6.07, 6.45) is 2.28. The van der Waals surface area contributed by atoms with Crippen molar-refractivity contribution in [2.75, 3.05) is 26.2 Å². The van der Waals surface area contributed by atoms with E-state index in [1.807, 2.05) is 18.7 Å². The number of likely N-dealkylation sites (tertiary alicyclic amines) is 2. The number of carbonyl (C=O) groups excluding carboxylic acids is 1. The van der Waals surface area contributed by atoms with Crippen LogP contribution in [0.15, 0.2) is 0 Å². The van der Waals surface area contributed by atoms with Crippen molar-refractivity contribution in [1.82, 2.24) is 9.80 Å². The first-order chi connectivity index (χ1) is 8.42. The van der Waals surface area contributed by atoms with Gasteiger partial charge in [0.1, 0.15) is 0 Å². The lowest BCUT2D eigenvalue weighted by Crippen LogP contribution is -2.62. The minimum Gasteiger partial charge on any atom is -0.447 e. The molecule has 0 atom stereocenters. The highest BCUT2D eigenvalue weighted by Gasteiger charge is 2.47. The molecule has 2 aliphatic heterocycles. The predicted octanol–water partition coefficient (Wildman–Crippen LogP) is 2.34. The van der Waals surface area contributed by atoms with Crippen molar-refractivity contribution in [3.05, 3.63) is 0 Å². The number of hydrogen-bond donors (Lipinski definition) is 0. The fraction of sp³-hybridized carbons (Fsp3) is 0.929. The highest BCUT2D eigenvalue weighted by atomic mass is 16.6. The number of carbonyl (C=O) groups is 1. The van der Waals surface area contributed by atoms with Crippen LogP contribution in [0.4, 0.5) is 4.79 Å². The Morgan fingerprint density at radius 2 is 1.67 bits per heavy atom. The van der Waals surface area contributed by atoms with Crippen LogP contribution in [0.5, 0.6) is 0 Å². The zero-order valence-electron chi connectivity index (χ0n) is 12.1. The second kappa shape index (κ2) is 5.08. The van der Waals surface area contributed by atoms with Gasteiger partial charge in [-0.25, -0.2) is 4.79 Å². The molecule has 0 aromatic heterocycles. The molecular weight excluding hydrogens is 228 g/mol. The zero-order chi connectivity index (χ0) is 13.3. The Morgan fingerprint density at radius 1 is 1.11 bits per heavy atom. The van der Waals surface area contributed by atoms with Crippen molar-refractivity contribution in [2.45, 2.75) is 52.7 Å². The van der Waals surface area contributed by atoms with Gasteiger partial charge in [-0.1, -0.05) is 0 Å². The van der Waals surface area contributed by atoms with Crippen molar-refractivity contribution in [3.63, 3.8) is 0 Å². The molecule has 18 heavy (non-hydrogen) atoms. The Kier molecular flexibility index (Phi) is 3.85. The standard InChI is InChI=1S/C14H26N2O2/c1-11(2)15-7-5-14(6-8-15)9-16(10-14)13(17)18-12(3)4/h11-12H,5-10H2,1-4H3. The molecule has 0 saturated carbocycles. The van der Waals surface area contributed by atoms with E-state index in [4.69, 9.17) is 4.74 Å². The fourth-order valence-corrected chi connectivity index (χ4v) is 3.00. The smallest absolute Gasteiger partial charge is 0.410 e. The van der Waals surface area contributed by atoms with E-state index in [0.29, 0.717) is 11.5 Å². The lowest BCUT2D eigenvalue weighted by molar-refractivity contribution is -0.0506. The molecule has 4 nitrogen and oxygen atoms in total. The minimum absolute atomic E-state index is 0.0168. The van der Waals surface area contributed by atoms with Gasteiger partial charge in [-0.15, -0.1) is 0 Å². The largest absolute Gasteiger partial charge is 0.447 e. The number of ether oxygens (including phenoxy) is 1. The lowest BCUT2D eigenvalue weighted by atomic mass is 9.72. The molecule has 0 bridgehead atoms. The summed E-state index contributed by atoms with van der Waals surface area (Å²) in [5.41, 5.74) is 0.390. The van der Waals surface area contributed by atoms with E-state index in [0.717, 1.165) is 13.1 Å². The summed E-state index contributed by atoms with van der Waals surface area (Å²) in [6, 6.07) is 0.643. The van der Waals surface area contributed by atoms with Crippen LogP contribution in [0.2, 0.25) is 0 Å². The maximum atomic E-state index is 11.7. The SMILES string of the molecule is CC(C)OC(=O)N1CC2(CCN(C(C)C)CC2)C1. The molecule has 0 aromatic rings. The van der Waals surface area contributed by atoms with E-state index in [2.05, 4.69) is 18.7 Å². The van der Waals surface area contributed by atoms with Crippen LogP contribution in [-0.2, 0) is 4.74 Å². The van der Waals surface area contributed by atoms with Gasteiger partial charge in [-0.3, -0.25) is 0 Å². The summed E-state index contributed by atoms with van der Waals surface area (Å²) in [4.78, 5) is 16.1. The van der Waals surface area contributed by atoms with E-state index in [1.54, 1.807) is 0 Å². The van der Waals surface area contributed by atoms with Crippen LogP contribution in [0, 0.1) is 5.41 Å². The highest BCUT2D eigenvalue weighted by molar-refractivity contribution is 5.69. The van der Waals surface area contributed by atoms with Crippen molar-refractivity contribution in [2.24, 2.45) is 5.41 Å². The van der Waals surface area contributed by atoms with Crippen LogP contribution >= 0.6 is 0 Å². The lowest BCUT2D eigenvalue weighted by Gasteiger charge is -2.53. The molecule has 0 aromatic carbocycles. The summed E-state index contributed by atoms with van der Waals surface area (Å²) in [7, 11) is 0. The fourth-order valence-electron chi connectivity index (χ4n) is 3.00. The Hall–Kier alpha value is -0.770. The van der Waals surface area contributed by atoms with Crippen molar-refractivity contribution >= 4 is 6.09 Å². The normalized spacial score (nSPS) is 23.6. The number of hydrogen-bond acceptors (Lipinski definition) is 3. The van der Waals surface area contributed by atoms with Crippen LogP contribution in [-0.4, -0.2) is 54.2 Å². The van der Waals surface area contributed by atoms with E-state index < -0.39 is 0 Å². The second-order valence-corrected chi connectivity index (χ2v) is 6.42. The first-order valence-electron chi connectivity index (χ1n) is 7.11. The van der Waals surface area contributed by atoms with Gasteiger partial charge in [0.2, 0.25) is 0 Å². The number of amides is 1. The molecule has 104 valence electrons. The van der Waals surface area contributed by atoms with E-state index in [9.17, 15) is 4.79 Å². The first-order valence-corrected chi connectivity index (χ1v) is 7.11. The van der Waals surface area contributed by atoms with Gasteiger partial charge in [-0.05, 0) is 53.6 Å². The van der Waals surface area contributed by atoms with Crippen LogP contribution < -0.4 is 0 Å². The molecule has 1 amide bonds. The van der Waals surface area contributed by atoms with Gasteiger partial charge in [0.15, 0.2) is 0 Å².